The smallest absolute Gasteiger partial charge is 0.352 e. The SMILES string of the molecule is CO/N=C(\C(=O)N[C@@H]1C(=O)N2C(C(=O)O)=C(Cn3ccc4n3cc[n+]4Cc3cc(C(=O)NN4CCCCC4)cs3)CS[C@H]12)c1nc(N)sc1Cl. The van der Waals surface area contributed by atoms with Crippen molar-refractivity contribution in [2.75, 3.05) is 31.7 Å². The zero-order valence-corrected chi connectivity index (χ0v) is 29.8. The van der Waals surface area contributed by atoms with Crippen LogP contribution in [0.3, 0.4) is 0 Å². The Hall–Kier alpha value is -4.43. The van der Waals surface area contributed by atoms with E-state index in [-0.39, 0.29) is 39.0 Å². The Morgan fingerprint density at radius 2 is 2.04 bits per heavy atom. The van der Waals surface area contributed by atoms with Gasteiger partial charge in [-0.25, -0.2) is 24.0 Å². The molecule has 262 valence electrons. The largest absolute Gasteiger partial charge is 0.477 e. The van der Waals surface area contributed by atoms with Gasteiger partial charge in [0.05, 0.1) is 24.4 Å². The average Bonchev–Trinajstić information content (AvgIpc) is 3.89. The topological polar surface area (TPSA) is 193 Å². The summed E-state index contributed by atoms with van der Waals surface area (Å²) < 4.78 is 5.96. The van der Waals surface area contributed by atoms with E-state index in [2.05, 4.69) is 20.9 Å². The molecule has 20 heteroatoms. The maximum Gasteiger partial charge on any atom is 0.352 e. The maximum absolute atomic E-state index is 13.3. The number of nitrogen functional groups attached to an aromatic ring is 1. The number of anilines is 1. The van der Waals surface area contributed by atoms with Gasteiger partial charge in [-0.2, -0.15) is 0 Å². The molecule has 0 aromatic carbocycles. The highest BCUT2D eigenvalue weighted by Gasteiger charge is 2.54. The number of β-lactam (4-membered cyclic amide) rings is 1. The summed E-state index contributed by atoms with van der Waals surface area (Å²) in [7, 11) is 1.25. The second kappa shape index (κ2) is 14.1. The molecule has 2 atom stereocenters. The van der Waals surface area contributed by atoms with Crippen LogP contribution in [-0.4, -0.2) is 96.0 Å². The van der Waals surface area contributed by atoms with Gasteiger partial charge in [0.1, 0.15) is 47.0 Å². The maximum atomic E-state index is 13.3. The molecule has 3 aliphatic rings. The number of halogens is 1. The van der Waals surface area contributed by atoms with Crippen LogP contribution in [0.15, 0.2) is 52.5 Å². The number of imidazole rings is 1. The number of carbonyl (C=O) groups excluding carboxylic acids is 3. The number of piperidine rings is 1. The number of carboxylic acid groups (broad SMARTS) is 1. The molecular formula is C30H32ClN10O6S3+. The molecule has 50 heavy (non-hydrogen) atoms. The highest BCUT2D eigenvalue weighted by molar-refractivity contribution is 8.00. The zero-order chi connectivity index (χ0) is 35.1. The van der Waals surface area contributed by atoms with Crippen molar-refractivity contribution in [2.45, 2.75) is 43.8 Å². The number of nitrogens with two attached hydrogens (primary N) is 1. The number of rotatable bonds is 11. The summed E-state index contributed by atoms with van der Waals surface area (Å²) in [4.78, 5) is 62.9. The van der Waals surface area contributed by atoms with Crippen molar-refractivity contribution in [1.82, 2.24) is 34.8 Å². The molecule has 0 saturated carbocycles. The molecule has 2 fully saturated rings. The summed E-state index contributed by atoms with van der Waals surface area (Å²) in [5.74, 6) is -2.36. The molecule has 0 aliphatic carbocycles. The van der Waals surface area contributed by atoms with E-state index in [9.17, 15) is 24.3 Å². The quantitative estimate of drug-likeness (QED) is 0.0758. The van der Waals surface area contributed by atoms with Crippen LogP contribution >= 0.6 is 46.0 Å². The fourth-order valence-electron chi connectivity index (χ4n) is 6.23. The second-order valence-corrected chi connectivity index (χ2v) is 15.5. The molecule has 0 bridgehead atoms. The van der Waals surface area contributed by atoms with E-state index in [1.165, 1.54) is 41.5 Å². The van der Waals surface area contributed by atoms with Crippen LogP contribution in [-0.2, 0) is 32.3 Å². The van der Waals surface area contributed by atoms with Crippen LogP contribution in [0.4, 0.5) is 5.13 Å². The van der Waals surface area contributed by atoms with Crippen LogP contribution < -0.4 is 21.0 Å². The Morgan fingerprint density at radius 3 is 2.76 bits per heavy atom. The number of carbonyl (C=O) groups is 4. The van der Waals surface area contributed by atoms with Gasteiger partial charge < -0.3 is 21.0 Å². The van der Waals surface area contributed by atoms with Crippen molar-refractivity contribution < 1.29 is 33.7 Å². The Balaban J connectivity index is 1.04. The predicted molar refractivity (Wildman–Crippen MR) is 187 cm³/mol. The second-order valence-electron chi connectivity index (χ2n) is 11.7. The minimum atomic E-state index is -1.24. The molecule has 7 heterocycles. The molecule has 0 unspecified atom stereocenters. The lowest BCUT2D eigenvalue weighted by Gasteiger charge is -2.49. The first-order valence-corrected chi connectivity index (χ1v) is 18.7. The molecule has 16 nitrogen and oxygen atoms in total. The number of nitrogens with zero attached hydrogens (tertiary/aromatic N) is 7. The minimum Gasteiger partial charge on any atom is -0.477 e. The van der Waals surface area contributed by atoms with E-state index in [1.807, 2.05) is 54.9 Å². The number of hydrogen-bond acceptors (Lipinski definition) is 12. The molecule has 2 saturated heterocycles. The summed E-state index contributed by atoms with van der Waals surface area (Å²) in [6.45, 7) is 2.50. The third-order valence-electron chi connectivity index (χ3n) is 8.56. The summed E-state index contributed by atoms with van der Waals surface area (Å²) in [5, 5.41) is 19.9. The number of carboxylic acids is 1. The monoisotopic (exact) mass is 759 g/mol. The van der Waals surface area contributed by atoms with Crippen LogP contribution in [0.25, 0.3) is 5.65 Å². The Bertz CT molecular complexity index is 2060. The number of thiazole rings is 1. The van der Waals surface area contributed by atoms with Gasteiger partial charge in [0, 0.05) is 29.1 Å². The van der Waals surface area contributed by atoms with Crippen molar-refractivity contribution in [3.63, 3.8) is 0 Å². The number of thiophene rings is 1. The minimum absolute atomic E-state index is 0.0157. The van der Waals surface area contributed by atoms with Crippen molar-refractivity contribution >= 4 is 86.2 Å². The van der Waals surface area contributed by atoms with Crippen LogP contribution in [0.5, 0.6) is 0 Å². The van der Waals surface area contributed by atoms with Crippen molar-refractivity contribution in [3.05, 3.63) is 67.8 Å². The number of fused-ring (bicyclic) bond motifs is 2. The molecule has 5 N–H and O–H groups in total. The van der Waals surface area contributed by atoms with Crippen LogP contribution in [0, 0.1) is 0 Å². The number of hydrazine groups is 1. The van der Waals surface area contributed by atoms with E-state index in [0.717, 1.165) is 47.8 Å². The van der Waals surface area contributed by atoms with Gasteiger partial charge in [-0.05, 0) is 24.5 Å². The van der Waals surface area contributed by atoms with Gasteiger partial charge >= 0.3 is 11.6 Å². The molecule has 4 aromatic rings. The third kappa shape index (κ3) is 6.46. The van der Waals surface area contributed by atoms with E-state index >= 15 is 0 Å². The lowest BCUT2D eigenvalue weighted by atomic mass is 10.0. The first-order valence-electron chi connectivity index (χ1n) is 15.6. The first kappa shape index (κ1) is 34.0. The molecule has 4 aromatic heterocycles. The van der Waals surface area contributed by atoms with Crippen LogP contribution in [0.1, 0.15) is 40.2 Å². The van der Waals surface area contributed by atoms with Gasteiger partial charge in [-0.3, -0.25) is 24.7 Å². The number of aliphatic carboxylic acids is 1. The standard InChI is InChI=1S/C30H31ClN10O6S3/c1-47-36-21(20-24(31)50-30(32)34-20)26(43)33-22-27(44)41-23(29(45)46)17(15-49-28(22)41)12-39-8-5-19-37(9-10-40(19)39)13-18-11-16(14-48-18)25(42)35-38-6-3-2-4-7-38/h5,8-11,14,22,28H,2-4,6-7,12-13,15H2,1H3,(H4-,32,33,34,35,42,43,45,46)/p+1/b36-21-/t22-,28-/m1/s1. The van der Waals surface area contributed by atoms with Gasteiger partial charge in [0.25, 0.3) is 17.7 Å². The molecule has 0 spiro atoms. The van der Waals surface area contributed by atoms with Crippen molar-refractivity contribution in [3.8, 4) is 0 Å². The number of oxime groups is 1. The molecule has 0 radical (unpaired) electrons. The van der Waals surface area contributed by atoms with E-state index < -0.39 is 29.2 Å². The van der Waals surface area contributed by atoms with Crippen LogP contribution in [0.2, 0.25) is 4.34 Å². The summed E-state index contributed by atoms with van der Waals surface area (Å²) in [5.41, 5.74) is 10.4. The lowest BCUT2D eigenvalue weighted by Crippen LogP contribution is -2.71. The number of thioether (sulfide) groups is 1. The summed E-state index contributed by atoms with van der Waals surface area (Å²) in [6, 6.07) is 2.83. The van der Waals surface area contributed by atoms with Gasteiger partial charge in [-0.1, -0.05) is 34.5 Å². The highest BCUT2D eigenvalue weighted by Crippen LogP contribution is 2.41. The van der Waals surface area contributed by atoms with Crippen molar-refractivity contribution in [1.29, 1.82) is 0 Å². The fraction of sp³-hybridized carbons (Fsp3) is 0.367. The molecular weight excluding hydrogens is 728 g/mol. The molecule has 3 amide bonds. The zero-order valence-electron chi connectivity index (χ0n) is 26.6. The highest BCUT2D eigenvalue weighted by atomic mass is 35.5. The lowest BCUT2D eigenvalue weighted by molar-refractivity contribution is -0.661. The van der Waals surface area contributed by atoms with Gasteiger partial charge in [0.2, 0.25) is 0 Å². The Labute approximate surface area is 302 Å². The number of hydrogen-bond donors (Lipinski definition) is 4. The van der Waals surface area contributed by atoms with E-state index in [0.29, 0.717) is 23.4 Å². The summed E-state index contributed by atoms with van der Waals surface area (Å²) >= 11 is 10.0. The van der Waals surface area contributed by atoms with Gasteiger partial charge in [-0.15, -0.1) is 27.6 Å². The van der Waals surface area contributed by atoms with E-state index in [4.69, 9.17) is 22.2 Å². The van der Waals surface area contributed by atoms with Gasteiger partial charge in [0.15, 0.2) is 17.0 Å². The Kier molecular flexibility index (Phi) is 9.57. The Morgan fingerprint density at radius 1 is 1.24 bits per heavy atom. The molecule has 3 aliphatic heterocycles. The third-order valence-corrected chi connectivity index (χ3v) is 11.9. The average molecular weight is 760 g/mol. The number of aromatic nitrogens is 4. The van der Waals surface area contributed by atoms with E-state index in [1.54, 1.807) is 0 Å². The van der Waals surface area contributed by atoms with Crippen molar-refractivity contribution in [2.24, 2.45) is 5.16 Å². The predicted octanol–water partition coefficient (Wildman–Crippen LogP) is 1.75. The molecule has 7 rings (SSSR count). The fourth-order valence-corrected chi connectivity index (χ4v) is 9.35. The summed E-state index contributed by atoms with van der Waals surface area (Å²) in [6.07, 6.45) is 9.01. The first-order chi connectivity index (χ1) is 24.1. The number of amides is 3. The normalized spacial score (nSPS) is 19.8. The number of nitrogens with one attached hydrogen (secondary N) is 2.